The van der Waals surface area contributed by atoms with Crippen LogP contribution in [0.3, 0.4) is 0 Å². The van der Waals surface area contributed by atoms with Crippen molar-refractivity contribution < 1.29 is 33.0 Å². The summed E-state index contributed by atoms with van der Waals surface area (Å²) < 4.78 is 36.4. The molecule has 6 aliphatic heterocycles. The van der Waals surface area contributed by atoms with Gasteiger partial charge < -0.3 is 29.9 Å². The normalized spacial score (nSPS) is 24.4. The molecule has 7 heterocycles. The maximum atomic E-state index is 15.0. The monoisotopic (exact) mass is 790 g/mol. The Hall–Kier alpha value is -5.83. The van der Waals surface area contributed by atoms with Crippen molar-refractivity contribution in [1.82, 2.24) is 25.3 Å². The maximum absolute atomic E-state index is 15.0. The van der Waals surface area contributed by atoms with Crippen molar-refractivity contribution in [3.05, 3.63) is 89.0 Å². The smallest absolute Gasteiger partial charge is 0.263 e. The van der Waals surface area contributed by atoms with Crippen LogP contribution >= 0.6 is 0 Å². The molecule has 0 saturated carbocycles. The number of amides is 3. The molecule has 1 aromatic heterocycles. The van der Waals surface area contributed by atoms with Gasteiger partial charge in [-0.15, -0.1) is 10.2 Å². The highest BCUT2D eigenvalue weighted by Gasteiger charge is 2.56. The number of nitrogens with zero attached hydrogens (tertiary/aromatic N) is 6. The zero-order valence-corrected chi connectivity index (χ0v) is 31.9. The third kappa shape index (κ3) is 6.35. The summed E-state index contributed by atoms with van der Waals surface area (Å²) >= 11 is 0. The van der Waals surface area contributed by atoms with Crippen LogP contribution in [0.15, 0.2) is 66.7 Å². The van der Waals surface area contributed by atoms with Crippen LogP contribution in [0, 0.1) is 5.92 Å². The maximum Gasteiger partial charge on any atom is 0.263 e. The van der Waals surface area contributed by atoms with Gasteiger partial charge in [0.25, 0.3) is 12.3 Å². The number of rotatable bonds is 8. The molecule has 3 saturated heterocycles. The molecule has 3 fully saturated rings. The molecule has 3 N–H and O–H groups in total. The van der Waals surface area contributed by atoms with Crippen molar-refractivity contribution in [2.75, 3.05) is 47.8 Å². The van der Waals surface area contributed by atoms with Crippen LogP contribution in [0.25, 0.3) is 11.3 Å². The number of para-hydroxylation sites is 1. The van der Waals surface area contributed by atoms with Crippen molar-refractivity contribution in [2.45, 2.75) is 75.8 Å². The number of carbonyl (C=O) groups is 3. The average Bonchev–Trinajstić information content (AvgIpc) is 3.91. The summed E-state index contributed by atoms with van der Waals surface area (Å²) in [6.45, 7) is 5.03. The van der Waals surface area contributed by atoms with Gasteiger partial charge in [0.2, 0.25) is 11.8 Å². The molecule has 0 unspecified atom stereocenters. The molecule has 3 atom stereocenters. The van der Waals surface area contributed by atoms with Gasteiger partial charge in [-0.05, 0) is 84.3 Å². The standard InChI is InChI=1S/C43H44F2N8O5/c44-42(45)43-18-31(23-53(43)36-17-34(48-49-39(36)46-24-43)32-3-1-2-4-37(32)54)58-30-8-6-26-20-50(21-28(26)15-30)19-25-11-13-51(14-12-25)29-7-5-27-22-52(41(57)33(27)16-29)35-9-10-38(55)47-40(35)56/h1-8,15-17,25,31,35,42,54H,9-14,18-24H2,(H,46,49)(H,47,55,56)/t31-,35+,43-/m1/s1. The van der Waals surface area contributed by atoms with Gasteiger partial charge in [0.1, 0.15) is 29.2 Å². The highest BCUT2D eigenvalue weighted by molar-refractivity contribution is 6.05. The second-order valence-electron chi connectivity index (χ2n) is 16.6. The average molecular weight is 791 g/mol. The van der Waals surface area contributed by atoms with Crippen LogP contribution in [0.2, 0.25) is 0 Å². The number of benzene rings is 3. The SMILES string of the molecule is O=C1CC[C@H](N2Cc3ccc(N4CCC(CN5Cc6ccc(O[C@H]7CN8c9cc(-c%10ccccc%10O)nnc9NC[C@@]8(C(F)F)C7)cc6C5)CC4)cc3C2=O)C(=O)N1. The first-order valence-electron chi connectivity index (χ1n) is 20.1. The number of hydrogen-bond donors (Lipinski definition) is 3. The van der Waals surface area contributed by atoms with Gasteiger partial charge in [0, 0.05) is 75.5 Å². The highest BCUT2D eigenvalue weighted by Crippen LogP contribution is 2.47. The topological polar surface area (TPSA) is 143 Å². The van der Waals surface area contributed by atoms with Crippen LogP contribution < -0.4 is 25.2 Å². The number of phenolic OH excluding ortho intramolecular Hbond substituents is 1. The first kappa shape index (κ1) is 36.5. The second kappa shape index (κ2) is 14.2. The number of piperidine rings is 2. The molecule has 4 aromatic rings. The Morgan fingerprint density at radius 1 is 0.897 bits per heavy atom. The fourth-order valence-corrected chi connectivity index (χ4v) is 9.91. The van der Waals surface area contributed by atoms with Gasteiger partial charge >= 0.3 is 0 Å². The minimum Gasteiger partial charge on any atom is -0.507 e. The largest absolute Gasteiger partial charge is 0.507 e. The van der Waals surface area contributed by atoms with Crippen LogP contribution in [0.4, 0.5) is 26.0 Å². The van der Waals surface area contributed by atoms with E-state index in [-0.39, 0.29) is 43.5 Å². The van der Waals surface area contributed by atoms with E-state index in [1.165, 1.54) is 11.1 Å². The van der Waals surface area contributed by atoms with Gasteiger partial charge in [0.15, 0.2) is 5.82 Å². The molecule has 13 nitrogen and oxygen atoms in total. The molecule has 58 heavy (non-hydrogen) atoms. The summed E-state index contributed by atoms with van der Waals surface area (Å²) in [4.78, 5) is 45.6. The van der Waals surface area contributed by atoms with Crippen LogP contribution in [-0.4, -0.2) is 99.7 Å². The molecule has 0 bridgehead atoms. The predicted octanol–water partition coefficient (Wildman–Crippen LogP) is 4.93. The van der Waals surface area contributed by atoms with Crippen molar-refractivity contribution in [3.63, 3.8) is 0 Å². The van der Waals surface area contributed by atoms with Crippen molar-refractivity contribution >= 4 is 34.9 Å². The van der Waals surface area contributed by atoms with Gasteiger partial charge in [-0.2, -0.15) is 0 Å². The lowest BCUT2D eigenvalue weighted by atomic mass is 9.93. The number of imide groups is 1. The number of fused-ring (bicyclic) bond motifs is 5. The number of hydrogen-bond acceptors (Lipinski definition) is 11. The molecular formula is C43H44F2N8O5. The summed E-state index contributed by atoms with van der Waals surface area (Å²) in [6, 6.07) is 20.0. The van der Waals surface area contributed by atoms with Crippen molar-refractivity contribution in [3.8, 4) is 22.8 Å². The van der Waals surface area contributed by atoms with E-state index in [1.54, 1.807) is 40.1 Å². The van der Waals surface area contributed by atoms with Crippen molar-refractivity contribution in [1.29, 1.82) is 0 Å². The number of phenols is 1. The van der Waals surface area contributed by atoms with E-state index >= 15 is 0 Å². The minimum atomic E-state index is -2.64. The Bertz CT molecular complexity index is 2320. The van der Waals surface area contributed by atoms with E-state index in [1.807, 2.05) is 18.2 Å². The van der Waals surface area contributed by atoms with Crippen LogP contribution in [0.5, 0.6) is 11.5 Å². The van der Waals surface area contributed by atoms with E-state index in [9.17, 15) is 28.3 Å². The van der Waals surface area contributed by atoms with E-state index in [0.717, 1.165) is 56.8 Å². The molecular weight excluding hydrogens is 747 g/mol. The number of alkyl halides is 2. The zero-order chi connectivity index (χ0) is 39.7. The van der Waals surface area contributed by atoms with Gasteiger partial charge in [-0.1, -0.05) is 24.3 Å². The third-order valence-corrected chi connectivity index (χ3v) is 13.0. The molecule has 3 amide bonds. The Morgan fingerprint density at radius 3 is 2.52 bits per heavy atom. The summed E-state index contributed by atoms with van der Waals surface area (Å²) in [5.41, 5.74) is 4.92. The number of nitrogens with one attached hydrogen (secondary N) is 2. The first-order chi connectivity index (χ1) is 28.1. The Kier molecular flexibility index (Phi) is 8.95. The van der Waals surface area contributed by atoms with E-state index in [2.05, 4.69) is 48.8 Å². The molecule has 0 aliphatic carbocycles. The highest BCUT2D eigenvalue weighted by atomic mass is 19.3. The number of aromatic nitrogens is 2. The number of ether oxygens (including phenoxy) is 1. The van der Waals surface area contributed by atoms with Crippen molar-refractivity contribution in [2.24, 2.45) is 5.92 Å². The quantitative estimate of drug-likeness (QED) is 0.209. The molecule has 10 rings (SSSR count). The Labute approximate surface area is 334 Å². The minimum absolute atomic E-state index is 0.0123. The lowest BCUT2D eigenvalue weighted by Crippen LogP contribution is -2.57. The molecule has 300 valence electrons. The van der Waals surface area contributed by atoms with Crippen LogP contribution in [0.1, 0.15) is 59.2 Å². The second-order valence-corrected chi connectivity index (χ2v) is 16.6. The molecule has 0 spiro atoms. The molecule has 15 heteroatoms. The number of halogens is 2. The summed E-state index contributed by atoms with van der Waals surface area (Å²) in [7, 11) is 0. The van der Waals surface area contributed by atoms with E-state index < -0.39 is 30.0 Å². The summed E-state index contributed by atoms with van der Waals surface area (Å²) in [5.74, 6) is 0.818. The fraction of sp³-hybridized carbons (Fsp3) is 0.419. The zero-order valence-electron chi connectivity index (χ0n) is 31.9. The van der Waals surface area contributed by atoms with E-state index in [4.69, 9.17) is 4.74 Å². The lowest BCUT2D eigenvalue weighted by Gasteiger charge is -2.43. The lowest BCUT2D eigenvalue weighted by molar-refractivity contribution is -0.136. The first-order valence-corrected chi connectivity index (χ1v) is 20.1. The third-order valence-electron chi connectivity index (χ3n) is 13.0. The summed E-state index contributed by atoms with van der Waals surface area (Å²) in [5, 5.41) is 24.4. The fourth-order valence-electron chi connectivity index (χ4n) is 9.91. The molecule has 3 aromatic carbocycles. The number of anilines is 3. The number of carbonyl (C=O) groups excluding carboxylic acids is 3. The molecule has 0 radical (unpaired) electrons. The van der Waals surface area contributed by atoms with Gasteiger partial charge in [0.05, 0.1) is 17.9 Å². The van der Waals surface area contributed by atoms with Crippen LogP contribution in [-0.2, 0) is 29.2 Å². The Morgan fingerprint density at radius 2 is 1.71 bits per heavy atom. The van der Waals surface area contributed by atoms with Gasteiger partial charge in [-0.3, -0.25) is 24.6 Å². The van der Waals surface area contributed by atoms with E-state index in [0.29, 0.717) is 53.0 Å². The van der Waals surface area contributed by atoms with Gasteiger partial charge in [-0.25, -0.2) is 8.78 Å². The Balaban J connectivity index is 0.752. The predicted molar refractivity (Wildman–Crippen MR) is 211 cm³/mol. The molecule has 6 aliphatic rings. The summed E-state index contributed by atoms with van der Waals surface area (Å²) in [6.07, 6.45) is -0.349. The number of aromatic hydroxyl groups is 1.